The summed E-state index contributed by atoms with van der Waals surface area (Å²) in [5, 5.41) is 0.491. The Morgan fingerprint density at radius 2 is 1.90 bits per heavy atom. The number of anilines is 1. The van der Waals surface area contributed by atoms with Crippen LogP contribution in [0.1, 0.15) is 15.9 Å². The molecule has 1 aliphatic heterocycles. The fraction of sp³-hybridized carbons (Fsp3) is 0.0714. The van der Waals surface area contributed by atoms with Crippen molar-refractivity contribution in [3.05, 3.63) is 56.2 Å². The lowest BCUT2D eigenvalue weighted by Crippen LogP contribution is -2.29. The quantitative estimate of drug-likeness (QED) is 0.582. The summed E-state index contributed by atoms with van der Waals surface area (Å²) in [5.41, 5.74) is 1.57. The number of rotatable bonds is 2. The molecule has 0 unspecified atom stereocenters. The van der Waals surface area contributed by atoms with Gasteiger partial charge in [0.2, 0.25) is 0 Å². The number of Topliss-reactive ketones (excluding diaryl/α,β-unsaturated/α-hetero) is 1. The van der Waals surface area contributed by atoms with E-state index in [9.17, 15) is 9.59 Å². The largest absolute Gasteiger partial charge is 0.300 e. The van der Waals surface area contributed by atoms with E-state index in [0.29, 0.717) is 16.8 Å². The highest BCUT2D eigenvalue weighted by molar-refractivity contribution is 9.10. The smallest absolute Gasteiger partial charge is 0.299 e. The molecule has 0 saturated carbocycles. The molecule has 1 aromatic carbocycles. The van der Waals surface area contributed by atoms with Crippen molar-refractivity contribution in [3.8, 4) is 0 Å². The Morgan fingerprint density at radius 3 is 2.62 bits per heavy atom. The monoisotopic (exact) mass is 384 g/mol. The van der Waals surface area contributed by atoms with Crippen LogP contribution >= 0.6 is 39.1 Å². The summed E-state index contributed by atoms with van der Waals surface area (Å²) in [6.07, 6.45) is 0. The lowest BCUT2D eigenvalue weighted by atomic mass is 10.1. The van der Waals surface area contributed by atoms with E-state index in [1.165, 1.54) is 4.90 Å². The minimum atomic E-state index is -0.575. The first-order valence-corrected chi connectivity index (χ1v) is 7.49. The van der Waals surface area contributed by atoms with Gasteiger partial charge in [0.05, 0.1) is 17.8 Å². The van der Waals surface area contributed by atoms with Gasteiger partial charge >= 0.3 is 0 Å². The van der Waals surface area contributed by atoms with Crippen LogP contribution in [-0.4, -0.2) is 16.7 Å². The summed E-state index contributed by atoms with van der Waals surface area (Å²) in [4.78, 5) is 29.5. The zero-order valence-electron chi connectivity index (χ0n) is 10.4. The van der Waals surface area contributed by atoms with E-state index in [4.69, 9.17) is 23.2 Å². The number of hydrogen-bond acceptors (Lipinski definition) is 3. The number of nitrogens with zero attached hydrogens (tertiary/aromatic N) is 2. The lowest BCUT2D eigenvalue weighted by Gasteiger charge is -2.17. The van der Waals surface area contributed by atoms with Crippen molar-refractivity contribution in [3.63, 3.8) is 0 Å². The highest BCUT2D eigenvalue weighted by Crippen LogP contribution is 2.33. The molecule has 21 heavy (non-hydrogen) atoms. The average molecular weight is 386 g/mol. The van der Waals surface area contributed by atoms with Gasteiger partial charge in [0.15, 0.2) is 0 Å². The van der Waals surface area contributed by atoms with E-state index in [2.05, 4.69) is 20.9 Å². The summed E-state index contributed by atoms with van der Waals surface area (Å²) in [6, 6.07) is 8.41. The first kappa shape index (κ1) is 14.5. The zero-order valence-corrected chi connectivity index (χ0v) is 13.5. The van der Waals surface area contributed by atoms with Crippen molar-refractivity contribution < 1.29 is 9.59 Å². The molecule has 106 valence electrons. The van der Waals surface area contributed by atoms with Crippen LogP contribution < -0.4 is 4.90 Å². The van der Waals surface area contributed by atoms with Gasteiger partial charge in [-0.05, 0) is 24.3 Å². The molecule has 4 nitrogen and oxygen atoms in total. The fourth-order valence-corrected chi connectivity index (χ4v) is 2.92. The van der Waals surface area contributed by atoms with E-state index in [0.717, 1.165) is 4.47 Å². The molecule has 1 aromatic heterocycles. The van der Waals surface area contributed by atoms with Crippen LogP contribution in [0.5, 0.6) is 0 Å². The van der Waals surface area contributed by atoms with E-state index < -0.39 is 11.7 Å². The minimum Gasteiger partial charge on any atom is -0.300 e. The number of carbonyl (C=O) groups is 2. The Morgan fingerprint density at radius 1 is 1.14 bits per heavy atom. The summed E-state index contributed by atoms with van der Waals surface area (Å²) < 4.78 is 0.746. The fourth-order valence-electron chi connectivity index (χ4n) is 2.16. The number of fused-ring (bicyclic) bond motifs is 1. The molecule has 0 N–H and O–H groups in total. The van der Waals surface area contributed by atoms with E-state index in [1.807, 2.05) is 0 Å². The summed E-state index contributed by atoms with van der Waals surface area (Å²) >= 11 is 15.1. The Labute approximate surface area is 138 Å². The SMILES string of the molecule is O=C1C(=O)N(Cc2ccc(Cl)nc2Cl)c2ccc(Br)cc21. The third-order valence-electron chi connectivity index (χ3n) is 3.15. The maximum absolute atomic E-state index is 12.1. The normalized spacial score (nSPS) is 13.8. The van der Waals surface area contributed by atoms with Gasteiger partial charge in [0, 0.05) is 10.0 Å². The number of pyridine rings is 1. The summed E-state index contributed by atoms with van der Waals surface area (Å²) in [7, 11) is 0. The number of carbonyl (C=O) groups excluding carboxylic acids is 2. The Hall–Kier alpha value is -1.43. The van der Waals surface area contributed by atoms with Gasteiger partial charge in [-0.1, -0.05) is 45.2 Å². The molecule has 3 rings (SSSR count). The summed E-state index contributed by atoms with van der Waals surface area (Å²) in [5.74, 6) is -1.10. The average Bonchev–Trinajstić information content (AvgIpc) is 2.66. The van der Waals surface area contributed by atoms with Crippen LogP contribution in [0.3, 0.4) is 0 Å². The van der Waals surface area contributed by atoms with Crippen molar-refractivity contribution in [2.24, 2.45) is 0 Å². The molecule has 0 spiro atoms. The predicted molar refractivity (Wildman–Crippen MR) is 83.9 cm³/mol. The molecule has 2 aromatic rings. The molecule has 1 aliphatic rings. The van der Waals surface area contributed by atoms with E-state index in [-0.39, 0.29) is 16.9 Å². The zero-order chi connectivity index (χ0) is 15.1. The molecular formula is C14H7BrCl2N2O2. The van der Waals surface area contributed by atoms with Crippen LogP contribution in [0.2, 0.25) is 10.3 Å². The second kappa shape index (κ2) is 5.40. The second-order valence-corrected chi connectivity index (χ2v) is 6.13. The highest BCUT2D eigenvalue weighted by Gasteiger charge is 2.36. The molecule has 0 fully saturated rings. The van der Waals surface area contributed by atoms with Crippen molar-refractivity contribution in [1.82, 2.24) is 4.98 Å². The summed E-state index contributed by atoms with van der Waals surface area (Å²) in [6.45, 7) is 0.169. The molecule has 0 saturated heterocycles. The molecule has 0 atom stereocenters. The number of ketones is 1. The maximum Gasteiger partial charge on any atom is 0.299 e. The van der Waals surface area contributed by atoms with Crippen LogP contribution in [0.4, 0.5) is 5.69 Å². The van der Waals surface area contributed by atoms with Gasteiger partial charge in [-0.3, -0.25) is 9.59 Å². The maximum atomic E-state index is 12.1. The molecule has 7 heteroatoms. The number of aromatic nitrogens is 1. The Kier molecular flexibility index (Phi) is 3.73. The van der Waals surface area contributed by atoms with Gasteiger partial charge in [-0.2, -0.15) is 0 Å². The molecule has 0 bridgehead atoms. The third-order valence-corrected chi connectivity index (χ3v) is 4.18. The molecule has 0 aliphatic carbocycles. The number of amides is 1. The Balaban J connectivity index is 2.00. The van der Waals surface area contributed by atoms with Gasteiger partial charge in [0.1, 0.15) is 10.3 Å². The van der Waals surface area contributed by atoms with E-state index >= 15 is 0 Å². The lowest BCUT2D eigenvalue weighted by molar-refractivity contribution is -0.114. The number of benzene rings is 1. The van der Waals surface area contributed by atoms with Crippen molar-refractivity contribution in [1.29, 1.82) is 0 Å². The number of halogens is 3. The number of hydrogen-bond donors (Lipinski definition) is 0. The van der Waals surface area contributed by atoms with Crippen molar-refractivity contribution >= 4 is 56.5 Å². The van der Waals surface area contributed by atoms with Crippen LogP contribution in [0.25, 0.3) is 0 Å². The van der Waals surface area contributed by atoms with Crippen molar-refractivity contribution in [2.45, 2.75) is 6.54 Å². The minimum absolute atomic E-state index is 0.169. The topological polar surface area (TPSA) is 50.3 Å². The molecule has 0 radical (unpaired) electrons. The molecular weight excluding hydrogens is 379 g/mol. The first-order valence-electron chi connectivity index (χ1n) is 5.94. The second-order valence-electron chi connectivity index (χ2n) is 4.47. The third kappa shape index (κ3) is 2.57. The predicted octanol–water partition coefficient (Wildman–Crippen LogP) is 3.88. The highest BCUT2D eigenvalue weighted by atomic mass is 79.9. The van der Waals surface area contributed by atoms with Crippen LogP contribution in [0.15, 0.2) is 34.8 Å². The first-order chi connectivity index (χ1) is 9.97. The van der Waals surface area contributed by atoms with Crippen molar-refractivity contribution in [2.75, 3.05) is 4.90 Å². The van der Waals surface area contributed by atoms with Gasteiger partial charge in [0.25, 0.3) is 11.7 Å². The van der Waals surface area contributed by atoms with Gasteiger partial charge in [-0.15, -0.1) is 0 Å². The van der Waals surface area contributed by atoms with Gasteiger partial charge < -0.3 is 4.90 Å². The molecule has 2 heterocycles. The van der Waals surface area contributed by atoms with Crippen LogP contribution in [-0.2, 0) is 11.3 Å². The standard InChI is InChI=1S/C14H7BrCl2N2O2/c15-8-2-3-10-9(5-8)12(20)14(21)19(10)6-7-1-4-11(16)18-13(7)17/h1-5H,6H2. The molecule has 1 amide bonds. The Bertz CT molecular complexity index is 780. The van der Waals surface area contributed by atoms with Gasteiger partial charge in [-0.25, -0.2) is 4.98 Å². The van der Waals surface area contributed by atoms with Crippen LogP contribution in [0, 0.1) is 0 Å². The van der Waals surface area contributed by atoms with E-state index in [1.54, 1.807) is 30.3 Å².